The van der Waals surface area contributed by atoms with E-state index in [1.54, 1.807) is 30.3 Å². The van der Waals surface area contributed by atoms with Gasteiger partial charge in [0, 0.05) is 10.7 Å². The lowest BCUT2D eigenvalue weighted by Gasteiger charge is -2.07. The molecule has 0 unspecified atom stereocenters. The fourth-order valence-electron chi connectivity index (χ4n) is 1.46. The highest BCUT2D eigenvalue weighted by atomic mass is 35.5. The summed E-state index contributed by atoms with van der Waals surface area (Å²) >= 11 is 5.81. The first-order valence-electron chi connectivity index (χ1n) is 5.77. The predicted molar refractivity (Wildman–Crippen MR) is 75.2 cm³/mol. The van der Waals surface area contributed by atoms with Crippen molar-refractivity contribution in [2.75, 3.05) is 11.9 Å². The topological polar surface area (TPSA) is 68.3 Å². The second-order valence-electron chi connectivity index (χ2n) is 3.88. The van der Waals surface area contributed by atoms with Crippen LogP contribution in [0.15, 0.2) is 42.6 Å². The quantitative estimate of drug-likeness (QED) is 0.859. The van der Waals surface area contributed by atoms with E-state index in [4.69, 9.17) is 16.3 Å². The van der Waals surface area contributed by atoms with Gasteiger partial charge >= 0.3 is 0 Å². The van der Waals surface area contributed by atoms with E-state index in [0.29, 0.717) is 28.4 Å². The maximum atomic E-state index is 11.7. The first-order valence-corrected chi connectivity index (χ1v) is 6.14. The Morgan fingerprint density at radius 3 is 2.85 bits per heavy atom. The van der Waals surface area contributed by atoms with E-state index in [-0.39, 0.29) is 12.5 Å². The van der Waals surface area contributed by atoms with Crippen LogP contribution in [0.4, 0.5) is 5.69 Å². The van der Waals surface area contributed by atoms with E-state index in [1.165, 1.54) is 12.3 Å². The number of rotatable bonds is 5. The van der Waals surface area contributed by atoms with Crippen molar-refractivity contribution in [3.63, 3.8) is 0 Å². The lowest BCUT2D eigenvalue weighted by molar-refractivity contribution is -0.118. The molecule has 5 nitrogen and oxygen atoms in total. The van der Waals surface area contributed by atoms with Crippen LogP contribution < -0.4 is 10.1 Å². The highest BCUT2D eigenvalue weighted by molar-refractivity contribution is 6.30. The molecular weight excluding hydrogens is 280 g/mol. The molecule has 0 bridgehead atoms. The number of benzene rings is 1. The SMILES string of the molecule is O=Cc1ccc(OCC(=O)Nc2cccc(Cl)c2)cn1. The van der Waals surface area contributed by atoms with Crippen LogP contribution in [-0.2, 0) is 4.79 Å². The Hall–Kier alpha value is -2.40. The van der Waals surface area contributed by atoms with E-state index in [2.05, 4.69) is 10.3 Å². The maximum absolute atomic E-state index is 11.7. The number of aldehydes is 1. The van der Waals surface area contributed by atoms with Crippen molar-refractivity contribution in [1.29, 1.82) is 0 Å². The molecular formula is C14H11ClN2O3. The average Bonchev–Trinajstić information content (AvgIpc) is 2.46. The third-order valence-electron chi connectivity index (χ3n) is 2.36. The molecule has 0 spiro atoms. The van der Waals surface area contributed by atoms with Gasteiger partial charge in [0.25, 0.3) is 5.91 Å². The van der Waals surface area contributed by atoms with Gasteiger partial charge in [-0.2, -0.15) is 0 Å². The molecule has 0 fully saturated rings. The third kappa shape index (κ3) is 4.07. The van der Waals surface area contributed by atoms with E-state index >= 15 is 0 Å². The van der Waals surface area contributed by atoms with Crippen LogP contribution in [0.5, 0.6) is 5.75 Å². The Labute approximate surface area is 120 Å². The minimum Gasteiger partial charge on any atom is -0.482 e. The van der Waals surface area contributed by atoms with Crippen LogP contribution in [0.25, 0.3) is 0 Å². The molecule has 0 saturated carbocycles. The zero-order valence-corrected chi connectivity index (χ0v) is 11.1. The Balaban J connectivity index is 1.87. The van der Waals surface area contributed by atoms with Crippen molar-refractivity contribution in [2.24, 2.45) is 0 Å². The van der Waals surface area contributed by atoms with Crippen LogP contribution in [0.2, 0.25) is 5.02 Å². The molecule has 0 aliphatic heterocycles. The third-order valence-corrected chi connectivity index (χ3v) is 2.59. The molecule has 2 aromatic rings. The number of aromatic nitrogens is 1. The zero-order valence-electron chi connectivity index (χ0n) is 10.4. The summed E-state index contributed by atoms with van der Waals surface area (Å²) in [5, 5.41) is 3.19. The lowest BCUT2D eigenvalue weighted by atomic mass is 10.3. The minimum atomic E-state index is -0.313. The van der Waals surface area contributed by atoms with Crippen molar-refractivity contribution < 1.29 is 14.3 Å². The molecule has 0 radical (unpaired) electrons. The Morgan fingerprint density at radius 1 is 1.35 bits per heavy atom. The highest BCUT2D eigenvalue weighted by Gasteiger charge is 2.04. The zero-order chi connectivity index (χ0) is 14.4. The van der Waals surface area contributed by atoms with Crippen molar-refractivity contribution in [2.45, 2.75) is 0 Å². The van der Waals surface area contributed by atoms with Crippen LogP contribution in [-0.4, -0.2) is 23.8 Å². The van der Waals surface area contributed by atoms with Gasteiger partial charge in [-0.3, -0.25) is 9.59 Å². The monoisotopic (exact) mass is 290 g/mol. The number of pyridine rings is 1. The number of ether oxygens (including phenoxy) is 1. The number of halogens is 1. The van der Waals surface area contributed by atoms with Crippen molar-refractivity contribution >= 4 is 29.5 Å². The van der Waals surface area contributed by atoms with Crippen molar-refractivity contribution in [3.05, 3.63) is 53.3 Å². The van der Waals surface area contributed by atoms with Gasteiger partial charge in [-0.05, 0) is 30.3 Å². The largest absolute Gasteiger partial charge is 0.482 e. The molecule has 0 aliphatic carbocycles. The number of nitrogens with one attached hydrogen (secondary N) is 1. The fourth-order valence-corrected chi connectivity index (χ4v) is 1.65. The number of carbonyl (C=O) groups is 2. The molecule has 1 amide bonds. The summed E-state index contributed by atoms with van der Waals surface area (Å²) in [5.41, 5.74) is 0.904. The maximum Gasteiger partial charge on any atom is 0.262 e. The summed E-state index contributed by atoms with van der Waals surface area (Å²) in [6.07, 6.45) is 2.02. The van der Waals surface area contributed by atoms with Gasteiger partial charge in [-0.25, -0.2) is 4.98 Å². The minimum absolute atomic E-state index is 0.158. The number of nitrogens with zero attached hydrogens (tertiary/aromatic N) is 1. The van der Waals surface area contributed by atoms with Crippen molar-refractivity contribution in [1.82, 2.24) is 4.98 Å². The number of anilines is 1. The summed E-state index contributed by atoms with van der Waals surface area (Å²) in [7, 11) is 0. The highest BCUT2D eigenvalue weighted by Crippen LogP contribution is 2.15. The van der Waals surface area contributed by atoms with Gasteiger partial charge in [0.05, 0.1) is 6.20 Å². The van der Waals surface area contributed by atoms with Gasteiger partial charge in [-0.15, -0.1) is 0 Å². The molecule has 0 aliphatic rings. The molecule has 0 atom stereocenters. The lowest BCUT2D eigenvalue weighted by Crippen LogP contribution is -2.20. The standard InChI is InChI=1S/C14H11ClN2O3/c15-10-2-1-3-11(6-10)17-14(19)9-20-13-5-4-12(8-18)16-7-13/h1-8H,9H2,(H,17,19). The number of hydrogen-bond donors (Lipinski definition) is 1. The van der Waals surface area contributed by atoms with Crippen LogP contribution in [0, 0.1) is 0 Å². The van der Waals surface area contributed by atoms with E-state index < -0.39 is 0 Å². The average molecular weight is 291 g/mol. The van der Waals surface area contributed by atoms with Gasteiger partial charge in [-0.1, -0.05) is 17.7 Å². The Morgan fingerprint density at radius 2 is 2.20 bits per heavy atom. The smallest absolute Gasteiger partial charge is 0.262 e. The Bertz CT molecular complexity index is 614. The molecule has 6 heteroatoms. The van der Waals surface area contributed by atoms with Crippen molar-refractivity contribution in [3.8, 4) is 5.75 Å². The van der Waals surface area contributed by atoms with Gasteiger partial charge in [0.15, 0.2) is 12.9 Å². The molecule has 1 N–H and O–H groups in total. The summed E-state index contributed by atoms with van der Waals surface area (Å²) in [4.78, 5) is 25.9. The molecule has 1 heterocycles. The number of hydrogen-bond acceptors (Lipinski definition) is 4. The second kappa shape index (κ2) is 6.68. The molecule has 2 rings (SSSR count). The first kappa shape index (κ1) is 14.0. The summed E-state index contributed by atoms with van der Waals surface area (Å²) < 4.78 is 5.25. The van der Waals surface area contributed by atoms with E-state index in [1.807, 2.05) is 0 Å². The van der Waals surface area contributed by atoms with Gasteiger partial charge in [0.2, 0.25) is 0 Å². The second-order valence-corrected chi connectivity index (χ2v) is 4.32. The Kier molecular flexibility index (Phi) is 4.68. The van der Waals surface area contributed by atoms with Gasteiger partial charge in [0.1, 0.15) is 11.4 Å². The normalized spacial score (nSPS) is 9.85. The van der Waals surface area contributed by atoms with Crippen LogP contribution in [0.3, 0.4) is 0 Å². The fraction of sp³-hybridized carbons (Fsp3) is 0.0714. The molecule has 102 valence electrons. The summed E-state index contributed by atoms with van der Waals surface area (Å²) in [6, 6.07) is 9.90. The first-order chi connectivity index (χ1) is 9.67. The summed E-state index contributed by atoms with van der Waals surface area (Å²) in [6.45, 7) is -0.158. The summed E-state index contributed by atoms with van der Waals surface area (Å²) in [5.74, 6) is 0.101. The molecule has 20 heavy (non-hydrogen) atoms. The van der Waals surface area contributed by atoms with E-state index in [0.717, 1.165) is 0 Å². The van der Waals surface area contributed by atoms with Crippen LogP contribution >= 0.6 is 11.6 Å². The molecule has 1 aromatic carbocycles. The van der Waals surface area contributed by atoms with Gasteiger partial charge < -0.3 is 10.1 Å². The number of amides is 1. The molecule has 1 aromatic heterocycles. The predicted octanol–water partition coefficient (Wildman–Crippen LogP) is 2.57. The number of carbonyl (C=O) groups excluding carboxylic acids is 2. The van der Waals surface area contributed by atoms with Crippen LogP contribution in [0.1, 0.15) is 10.5 Å². The van der Waals surface area contributed by atoms with E-state index in [9.17, 15) is 9.59 Å². The molecule has 0 saturated heterocycles.